The highest BCUT2D eigenvalue weighted by molar-refractivity contribution is 6.28. The monoisotopic (exact) mass is 276 g/mol. The van der Waals surface area contributed by atoms with E-state index in [9.17, 15) is 14.7 Å². The van der Waals surface area contributed by atoms with Crippen molar-refractivity contribution < 1.29 is 28.9 Å². The van der Waals surface area contributed by atoms with E-state index in [1.807, 2.05) is 0 Å². The normalized spacial score (nSPS) is 21.0. The number of aromatic hydroxyl groups is 1. The molecule has 0 amide bonds. The summed E-state index contributed by atoms with van der Waals surface area (Å²) < 4.78 is 15.3. The van der Waals surface area contributed by atoms with Crippen molar-refractivity contribution in [2.75, 3.05) is 20.8 Å². The minimum absolute atomic E-state index is 0.00330. The minimum atomic E-state index is -0.844. The molecule has 2 aliphatic rings. The lowest BCUT2D eigenvalue weighted by Gasteiger charge is -2.19. The Kier molecular flexibility index (Phi) is 2.84. The second-order valence-corrected chi connectivity index (χ2v) is 4.50. The zero-order valence-corrected chi connectivity index (χ0v) is 10.9. The maximum atomic E-state index is 12.5. The number of hydrogen-bond donors (Lipinski definition) is 1. The predicted molar refractivity (Wildman–Crippen MR) is 67.1 cm³/mol. The number of rotatable bonds is 2. The number of benzene rings is 1. The molecule has 0 spiro atoms. The van der Waals surface area contributed by atoms with E-state index in [0.717, 1.165) is 0 Å². The summed E-state index contributed by atoms with van der Waals surface area (Å²) >= 11 is 0. The molecule has 1 atom stereocenters. The van der Waals surface area contributed by atoms with Crippen molar-refractivity contribution in [3.63, 3.8) is 0 Å². The Balaban J connectivity index is 2.22. The first-order chi connectivity index (χ1) is 9.58. The van der Waals surface area contributed by atoms with E-state index in [4.69, 9.17) is 14.2 Å². The quantitative estimate of drug-likeness (QED) is 0.870. The van der Waals surface area contributed by atoms with E-state index in [1.54, 1.807) is 0 Å². The molecular formula is C14H12O6. The number of phenols is 1. The number of methoxy groups -OCH3 is 2. The lowest BCUT2D eigenvalue weighted by molar-refractivity contribution is -0.0738. The molecular weight excluding hydrogens is 264 g/mol. The van der Waals surface area contributed by atoms with Crippen LogP contribution in [0.4, 0.5) is 0 Å². The second kappa shape index (κ2) is 4.43. The van der Waals surface area contributed by atoms with Gasteiger partial charge in [-0.1, -0.05) is 0 Å². The number of phenolic OH excluding ortho intramolecular Hbond substituents is 1. The van der Waals surface area contributed by atoms with Crippen LogP contribution in [0.25, 0.3) is 0 Å². The molecule has 0 saturated carbocycles. The highest BCUT2D eigenvalue weighted by Crippen LogP contribution is 2.39. The molecule has 1 aliphatic carbocycles. The summed E-state index contributed by atoms with van der Waals surface area (Å²) in [7, 11) is 2.81. The molecule has 6 nitrogen and oxygen atoms in total. The number of carbonyl (C=O) groups is 2. The number of ether oxygens (including phenoxy) is 3. The van der Waals surface area contributed by atoms with Crippen molar-refractivity contribution in [3.8, 4) is 11.5 Å². The summed E-state index contributed by atoms with van der Waals surface area (Å²) in [6.07, 6.45) is -0.844. The third kappa shape index (κ3) is 1.59. The first kappa shape index (κ1) is 12.8. The van der Waals surface area contributed by atoms with Gasteiger partial charge in [-0.3, -0.25) is 9.59 Å². The van der Waals surface area contributed by atoms with Crippen molar-refractivity contribution in [2.45, 2.75) is 6.29 Å². The molecule has 0 fully saturated rings. The van der Waals surface area contributed by atoms with Crippen molar-refractivity contribution in [1.82, 2.24) is 0 Å². The number of carbonyl (C=O) groups excluding carboxylic acids is 2. The minimum Gasteiger partial charge on any atom is -0.507 e. The number of hydrogen-bond acceptors (Lipinski definition) is 6. The molecule has 1 unspecified atom stereocenters. The molecule has 1 heterocycles. The lowest BCUT2D eigenvalue weighted by Crippen LogP contribution is -2.25. The van der Waals surface area contributed by atoms with Gasteiger partial charge < -0.3 is 19.3 Å². The molecule has 20 heavy (non-hydrogen) atoms. The smallest absolute Gasteiger partial charge is 0.196 e. The third-order valence-electron chi connectivity index (χ3n) is 3.47. The van der Waals surface area contributed by atoms with Gasteiger partial charge in [-0.2, -0.15) is 0 Å². The fourth-order valence-electron chi connectivity index (χ4n) is 2.51. The lowest BCUT2D eigenvalue weighted by atomic mass is 9.84. The van der Waals surface area contributed by atoms with Gasteiger partial charge in [0.05, 0.1) is 24.9 Å². The molecule has 0 bridgehead atoms. The van der Waals surface area contributed by atoms with Gasteiger partial charge in [0.25, 0.3) is 0 Å². The summed E-state index contributed by atoms with van der Waals surface area (Å²) in [5, 5.41) is 9.95. The van der Waals surface area contributed by atoms with Gasteiger partial charge in [0, 0.05) is 24.3 Å². The zero-order valence-electron chi connectivity index (χ0n) is 10.9. The Morgan fingerprint density at radius 2 is 2.00 bits per heavy atom. The van der Waals surface area contributed by atoms with Crippen LogP contribution < -0.4 is 4.74 Å². The van der Waals surface area contributed by atoms with Crippen molar-refractivity contribution in [1.29, 1.82) is 0 Å². The van der Waals surface area contributed by atoms with Gasteiger partial charge in [0.15, 0.2) is 17.9 Å². The number of fused-ring (bicyclic) bond motifs is 1. The third-order valence-corrected chi connectivity index (χ3v) is 3.47. The first-order valence-electron chi connectivity index (χ1n) is 5.96. The Morgan fingerprint density at radius 1 is 1.25 bits per heavy atom. The van der Waals surface area contributed by atoms with E-state index in [-0.39, 0.29) is 40.4 Å². The van der Waals surface area contributed by atoms with Crippen molar-refractivity contribution in [3.05, 3.63) is 34.4 Å². The Labute approximate surface area is 114 Å². The van der Waals surface area contributed by atoms with Crippen LogP contribution in [0.1, 0.15) is 20.7 Å². The highest BCUT2D eigenvalue weighted by Gasteiger charge is 2.42. The Bertz CT molecular complexity index is 658. The van der Waals surface area contributed by atoms with Gasteiger partial charge in [-0.05, 0) is 6.07 Å². The van der Waals surface area contributed by atoms with Crippen LogP contribution in [0.2, 0.25) is 0 Å². The predicted octanol–water partition coefficient (Wildman–Crippen LogP) is 1.08. The standard InChI is InChI=1S/C14H12O6/c1-18-6-3-7-10(9(15)4-6)13(17)8-5-20-14(19-2)11(8)12(7)16/h3-4,14-15H,5H2,1-2H3. The van der Waals surface area contributed by atoms with E-state index in [1.165, 1.54) is 26.4 Å². The van der Waals surface area contributed by atoms with Crippen LogP contribution in [-0.4, -0.2) is 43.8 Å². The summed E-state index contributed by atoms with van der Waals surface area (Å²) in [5.74, 6) is -0.757. The first-order valence-corrected chi connectivity index (χ1v) is 5.96. The molecule has 0 saturated heterocycles. The van der Waals surface area contributed by atoms with Gasteiger partial charge in [-0.15, -0.1) is 0 Å². The fourth-order valence-corrected chi connectivity index (χ4v) is 2.51. The summed E-state index contributed by atoms with van der Waals surface area (Å²) in [4.78, 5) is 24.9. The Morgan fingerprint density at radius 3 is 2.65 bits per heavy atom. The van der Waals surface area contributed by atoms with Crippen molar-refractivity contribution >= 4 is 11.6 Å². The molecule has 0 radical (unpaired) electrons. The van der Waals surface area contributed by atoms with E-state index >= 15 is 0 Å². The molecule has 0 aromatic heterocycles. The number of Topliss-reactive ketones (excluding diaryl/α,β-unsaturated/α-hetero) is 2. The highest BCUT2D eigenvalue weighted by atomic mass is 16.7. The summed E-state index contributed by atoms with van der Waals surface area (Å²) in [6.45, 7) is 0.00330. The van der Waals surface area contributed by atoms with E-state index in [0.29, 0.717) is 5.75 Å². The summed E-state index contributed by atoms with van der Waals surface area (Å²) in [5.41, 5.74) is 0.556. The van der Waals surface area contributed by atoms with Crippen LogP contribution in [-0.2, 0) is 9.47 Å². The summed E-state index contributed by atoms with van der Waals surface area (Å²) in [6, 6.07) is 2.74. The van der Waals surface area contributed by atoms with Crippen LogP contribution in [0.15, 0.2) is 23.3 Å². The average molecular weight is 276 g/mol. The van der Waals surface area contributed by atoms with E-state index < -0.39 is 12.1 Å². The fraction of sp³-hybridized carbons (Fsp3) is 0.286. The van der Waals surface area contributed by atoms with Gasteiger partial charge in [0.1, 0.15) is 11.5 Å². The molecule has 1 aromatic rings. The largest absolute Gasteiger partial charge is 0.507 e. The molecule has 6 heteroatoms. The maximum Gasteiger partial charge on any atom is 0.196 e. The topological polar surface area (TPSA) is 82.1 Å². The van der Waals surface area contributed by atoms with Crippen LogP contribution in [0.3, 0.4) is 0 Å². The molecule has 104 valence electrons. The molecule has 1 aromatic carbocycles. The van der Waals surface area contributed by atoms with Gasteiger partial charge in [0.2, 0.25) is 0 Å². The zero-order chi connectivity index (χ0) is 14.4. The van der Waals surface area contributed by atoms with Gasteiger partial charge in [-0.25, -0.2) is 0 Å². The van der Waals surface area contributed by atoms with Gasteiger partial charge >= 0.3 is 0 Å². The molecule has 1 aliphatic heterocycles. The average Bonchev–Trinajstić information content (AvgIpc) is 2.88. The number of ketones is 2. The van der Waals surface area contributed by atoms with Crippen LogP contribution >= 0.6 is 0 Å². The van der Waals surface area contributed by atoms with Crippen LogP contribution in [0, 0.1) is 0 Å². The molecule has 1 N–H and O–H groups in total. The SMILES string of the molecule is COc1cc(O)c2c(c1)C(=O)C1=C(COC1OC)C2=O. The van der Waals surface area contributed by atoms with Crippen LogP contribution in [0.5, 0.6) is 11.5 Å². The van der Waals surface area contributed by atoms with Crippen molar-refractivity contribution in [2.24, 2.45) is 0 Å². The van der Waals surface area contributed by atoms with E-state index in [2.05, 4.69) is 0 Å². The Hall–Kier alpha value is -2.18. The maximum absolute atomic E-state index is 12.5. The molecule has 3 rings (SSSR count). The second-order valence-electron chi connectivity index (χ2n) is 4.50.